The summed E-state index contributed by atoms with van der Waals surface area (Å²) < 4.78 is 11.4. The Morgan fingerprint density at radius 1 is 1.11 bits per heavy atom. The fourth-order valence-electron chi connectivity index (χ4n) is 4.14. The number of carbonyl (C=O) groups excluding carboxylic acids is 3. The van der Waals surface area contributed by atoms with E-state index in [1.54, 1.807) is 30.2 Å². The van der Waals surface area contributed by atoms with Gasteiger partial charge in [0.25, 0.3) is 11.1 Å². The molecule has 3 amide bonds. The number of methoxy groups -OCH3 is 1. The van der Waals surface area contributed by atoms with Gasteiger partial charge in [0.15, 0.2) is 11.5 Å². The van der Waals surface area contributed by atoms with Gasteiger partial charge in [-0.2, -0.15) is 0 Å². The average molecular weight is 495 g/mol. The van der Waals surface area contributed by atoms with E-state index in [0.29, 0.717) is 42.7 Å². The molecule has 2 saturated heterocycles. The molecule has 2 aliphatic heterocycles. The third kappa shape index (κ3) is 6.06. The van der Waals surface area contributed by atoms with Crippen molar-refractivity contribution in [2.45, 2.75) is 33.3 Å². The van der Waals surface area contributed by atoms with Crippen LogP contribution in [-0.2, 0) is 16.2 Å². The lowest BCUT2D eigenvalue weighted by Crippen LogP contribution is -2.45. The van der Waals surface area contributed by atoms with Crippen LogP contribution in [0.15, 0.2) is 47.4 Å². The molecule has 2 heterocycles. The SMILES string of the molecule is COc1cc(/C=C2\SC(=O)N(CC(=O)N3CCC(C)CC3)C2=O)ccc1OCc1cccc(C)c1. The van der Waals surface area contributed by atoms with Crippen molar-refractivity contribution >= 4 is 34.9 Å². The summed E-state index contributed by atoms with van der Waals surface area (Å²) in [7, 11) is 1.56. The fourth-order valence-corrected chi connectivity index (χ4v) is 4.98. The van der Waals surface area contributed by atoms with E-state index in [4.69, 9.17) is 9.47 Å². The highest BCUT2D eigenvalue weighted by Crippen LogP contribution is 2.35. The maximum Gasteiger partial charge on any atom is 0.294 e. The first-order valence-electron chi connectivity index (χ1n) is 11.7. The molecule has 0 N–H and O–H groups in total. The smallest absolute Gasteiger partial charge is 0.294 e. The molecule has 2 aromatic carbocycles. The van der Waals surface area contributed by atoms with Crippen LogP contribution in [0.25, 0.3) is 6.08 Å². The number of amides is 3. The summed E-state index contributed by atoms with van der Waals surface area (Å²) in [5, 5.41) is -0.426. The molecule has 2 aromatic rings. The number of carbonyl (C=O) groups is 3. The van der Waals surface area contributed by atoms with Crippen LogP contribution in [0.5, 0.6) is 11.5 Å². The minimum atomic E-state index is -0.447. The monoisotopic (exact) mass is 494 g/mol. The molecule has 2 aliphatic rings. The molecule has 0 spiro atoms. The number of piperidine rings is 1. The van der Waals surface area contributed by atoms with Crippen molar-refractivity contribution in [1.82, 2.24) is 9.80 Å². The Hall–Kier alpha value is -3.26. The van der Waals surface area contributed by atoms with E-state index >= 15 is 0 Å². The lowest BCUT2D eigenvalue weighted by Gasteiger charge is -2.31. The van der Waals surface area contributed by atoms with Gasteiger partial charge in [-0.1, -0.05) is 42.8 Å². The van der Waals surface area contributed by atoms with Gasteiger partial charge < -0.3 is 14.4 Å². The average Bonchev–Trinajstić information content (AvgIpc) is 3.10. The fraction of sp³-hybridized carbons (Fsp3) is 0.370. The number of ether oxygens (including phenoxy) is 2. The Labute approximate surface area is 210 Å². The molecule has 8 heteroatoms. The third-order valence-corrected chi connectivity index (χ3v) is 7.17. The molecule has 0 aromatic heterocycles. The molecule has 0 aliphatic carbocycles. The number of benzene rings is 2. The van der Waals surface area contributed by atoms with Crippen LogP contribution in [0, 0.1) is 12.8 Å². The van der Waals surface area contributed by atoms with Gasteiger partial charge >= 0.3 is 0 Å². The van der Waals surface area contributed by atoms with Gasteiger partial charge in [0.2, 0.25) is 5.91 Å². The molecule has 0 saturated carbocycles. The normalized spacial score (nSPS) is 17.9. The lowest BCUT2D eigenvalue weighted by molar-refractivity contribution is -0.136. The third-order valence-electron chi connectivity index (χ3n) is 6.27. The molecule has 0 unspecified atom stereocenters. The van der Waals surface area contributed by atoms with E-state index in [9.17, 15) is 14.4 Å². The maximum absolute atomic E-state index is 12.9. The second-order valence-corrected chi connectivity index (χ2v) is 10.0. The topological polar surface area (TPSA) is 76.2 Å². The zero-order chi connectivity index (χ0) is 24.9. The maximum atomic E-state index is 12.9. The van der Waals surface area contributed by atoms with Crippen molar-refractivity contribution in [2.75, 3.05) is 26.7 Å². The Bertz CT molecular complexity index is 1150. The number of imide groups is 1. The van der Waals surface area contributed by atoms with Gasteiger partial charge in [-0.05, 0) is 66.8 Å². The first-order valence-corrected chi connectivity index (χ1v) is 12.5. The molecule has 0 radical (unpaired) electrons. The lowest BCUT2D eigenvalue weighted by atomic mass is 9.99. The van der Waals surface area contributed by atoms with Crippen molar-refractivity contribution in [3.05, 3.63) is 64.1 Å². The van der Waals surface area contributed by atoms with Crippen molar-refractivity contribution in [2.24, 2.45) is 5.92 Å². The van der Waals surface area contributed by atoms with E-state index in [-0.39, 0.29) is 17.4 Å². The zero-order valence-corrected chi connectivity index (χ0v) is 21.1. The zero-order valence-electron chi connectivity index (χ0n) is 20.3. The highest BCUT2D eigenvalue weighted by Gasteiger charge is 2.37. The largest absolute Gasteiger partial charge is 0.493 e. The Kier molecular flexibility index (Phi) is 7.80. The standard InChI is InChI=1S/C27H30N2O5S/c1-18-9-11-28(12-10-18)25(30)16-29-26(31)24(35-27(29)32)15-20-7-8-22(23(14-20)33-3)34-17-21-6-4-5-19(2)13-21/h4-8,13-15,18H,9-12,16-17H2,1-3H3/b24-15-. The number of thioether (sulfide) groups is 1. The van der Waals surface area contributed by atoms with Gasteiger partial charge in [0.1, 0.15) is 13.2 Å². The molecule has 7 nitrogen and oxygen atoms in total. The second-order valence-electron chi connectivity index (χ2n) is 9.02. The van der Waals surface area contributed by atoms with Gasteiger partial charge in [-0.25, -0.2) is 0 Å². The molecule has 0 bridgehead atoms. The van der Waals surface area contributed by atoms with Crippen LogP contribution < -0.4 is 9.47 Å². The van der Waals surface area contributed by atoms with Crippen LogP contribution in [0.2, 0.25) is 0 Å². The minimum absolute atomic E-state index is 0.183. The number of rotatable bonds is 7. The summed E-state index contributed by atoms with van der Waals surface area (Å²) in [4.78, 5) is 41.1. The van der Waals surface area contributed by atoms with Crippen LogP contribution in [0.4, 0.5) is 4.79 Å². The quantitative estimate of drug-likeness (QED) is 0.511. The predicted octanol–water partition coefficient (Wildman–Crippen LogP) is 4.88. The van der Waals surface area contributed by atoms with Gasteiger partial charge in [-0.15, -0.1) is 0 Å². The van der Waals surface area contributed by atoms with Crippen LogP contribution in [0.1, 0.15) is 36.5 Å². The summed E-state index contributed by atoms with van der Waals surface area (Å²) in [5.41, 5.74) is 2.92. The van der Waals surface area contributed by atoms with E-state index in [0.717, 1.165) is 40.6 Å². The van der Waals surface area contributed by atoms with Crippen molar-refractivity contribution in [3.8, 4) is 11.5 Å². The number of hydrogen-bond donors (Lipinski definition) is 0. The number of nitrogens with zero attached hydrogens (tertiary/aromatic N) is 2. The second kappa shape index (κ2) is 11.0. The number of hydrogen-bond acceptors (Lipinski definition) is 6. The Balaban J connectivity index is 1.42. The molecular weight excluding hydrogens is 464 g/mol. The summed E-state index contributed by atoms with van der Waals surface area (Å²) in [5.74, 6) is 1.08. The predicted molar refractivity (Wildman–Crippen MR) is 136 cm³/mol. The molecular formula is C27H30N2O5S. The molecule has 35 heavy (non-hydrogen) atoms. The highest BCUT2D eigenvalue weighted by molar-refractivity contribution is 8.18. The first kappa shape index (κ1) is 24.9. The summed E-state index contributed by atoms with van der Waals surface area (Å²) >= 11 is 0.848. The highest BCUT2D eigenvalue weighted by atomic mass is 32.2. The van der Waals surface area contributed by atoms with Crippen LogP contribution in [-0.4, -0.2) is 53.6 Å². The van der Waals surface area contributed by atoms with Crippen LogP contribution >= 0.6 is 11.8 Å². The summed E-state index contributed by atoms with van der Waals surface area (Å²) in [6.07, 6.45) is 3.53. The molecule has 2 fully saturated rings. The van der Waals surface area contributed by atoms with E-state index in [1.807, 2.05) is 31.2 Å². The molecule has 4 rings (SSSR count). The van der Waals surface area contributed by atoms with Crippen LogP contribution in [0.3, 0.4) is 0 Å². The minimum Gasteiger partial charge on any atom is -0.493 e. The summed E-state index contributed by atoms with van der Waals surface area (Å²) in [6, 6.07) is 13.4. The van der Waals surface area contributed by atoms with E-state index in [1.165, 1.54) is 0 Å². The Morgan fingerprint density at radius 2 is 1.89 bits per heavy atom. The number of likely N-dealkylation sites (tertiary alicyclic amines) is 1. The van der Waals surface area contributed by atoms with Gasteiger partial charge in [0, 0.05) is 13.1 Å². The van der Waals surface area contributed by atoms with E-state index < -0.39 is 11.1 Å². The van der Waals surface area contributed by atoms with Crippen molar-refractivity contribution < 1.29 is 23.9 Å². The molecule has 184 valence electrons. The van der Waals surface area contributed by atoms with Gasteiger partial charge in [0.05, 0.1) is 12.0 Å². The van der Waals surface area contributed by atoms with Crippen molar-refractivity contribution in [3.63, 3.8) is 0 Å². The first-order chi connectivity index (χ1) is 16.8. The van der Waals surface area contributed by atoms with Crippen molar-refractivity contribution in [1.29, 1.82) is 0 Å². The molecule has 0 atom stereocenters. The number of aryl methyl sites for hydroxylation is 1. The van der Waals surface area contributed by atoms with E-state index in [2.05, 4.69) is 13.0 Å². The summed E-state index contributed by atoms with van der Waals surface area (Å²) in [6.45, 7) is 5.73. The Morgan fingerprint density at radius 3 is 2.60 bits per heavy atom. The van der Waals surface area contributed by atoms with Gasteiger partial charge in [-0.3, -0.25) is 19.3 Å².